The van der Waals surface area contributed by atoms with E-state index in [1.54, 1.807) is 0 Å². The van der Waals surface area contributed by atoms with Crippen molar-refractivity contribution in [2.24, 2.45) is 0 Å². The van der Waals surface area contributed by atoms with Gasteiger partial charge in [0, 0.05) is 19.3 Å². The third-order valence-corrected chi connectivity index (χ3v) is 9.25. The Morgan fingerprint density at radius 2 is 0.841 bits per heavy atom. The molecule has 2 unspecified atom stereocenters. The maximum absolute atomic E-state index is 12.7. The number of hydrogen-bond donors (Lipinski definition) is 1. The highest BCUT2D eigenvalue weighted by molar-refractivity contribution is 5.72. The molecule has 0 bridgehead atoms. The molecule has 2 atom stereocenters. The number of allylic oxidation sites excluding steroid dienone is 24. The Bertz CT molecular complexity index is 1530. The number of carboxylic acids is 1. The first kappa shape index (κ1) is 58.2. The Hall–Kier alpha value is -4.79. The van der Waals surface area contributed by atoms with Crippen LogP contribution < -0.4 is 0 Å². The molecule has 0 amide bonds. The second-order valence-corrected chi connectivity index (χ2v) is 15.9. The van der Waals surface area contributed by atoms with E-state index in [1.807, 2.05) is 33.3 Å². The molecule has 0 aliphatic rings. The van der Waals surface area contributed by atoms with E-state index in [0.29, 0.717) is 12.8 Å². The SMILES string of the molecule is CC/C=C/C/C=C/C/C=C/C/C=C/C/C=C/C/C=C/C/C=C/CCCC(=O)OC(COCCC(C(=O)O)[N+](C)(C)C)COC(=O)CC/C=C/C/C=C/C/C=C/C/C=C/C/C=C/CC. The third kappa shape index (κ3) is 42.3. The van der Waals surface area contributed by atoms with Crippen molar-refractivity contribution < 1.29 is 38.2 Å². The van der Waals surface area contributed by atoms with E-state index in [-0.39, 0.29) is 49.5 Å². The summed E-state index contributed by atoms with van der Waals surface area (Å²) in [5.74, 6) is -1.68. The van der Waals surface area contributed by atoms with Crippen molar-refractivity contribution in [1.29, 1.82) is 0 Å². The minimum atomic E-state index is -0.901. The molecule has 0 saturated carbocycles. The second-order valence-electron chi connectivity index (χ2n) is 15.9. The molecule has 0 saturated heterocycles. The molecule has 8 nitrogen and oxygen atoms in total. The summed E-state index contributed by atoms with van der Waals surface area (Å²) in [6.45, 7) is 4.33. The van der Waals surface area contributed by atoms with Crippen LogP contribution in [0.2, 0.25) is 0 Å². The highest BCUT2D eigenvalue weighted by atomic mass is 16.6. The standard InChI is InChI=1S/C55H83NO7/c1-6-8-10-12-14-16-18-20-22-24-25-26-27-28-29-30-32-34-36-38-40-42-44-46-54(58)63-51(49-61-48-47-52(55(59)60)56(3,4)5)50-62-53(57)45-43-41-39-37-35-33-31-23-21-19-17-15-13-11-9-7-2/h8-11,14-17,20-23,25-26,28-29,32-35,38-41,51-52H,6-7,12-13,18-19,24,27,30-31,36-37,42-50H2,1-5H3/p+1/b10-8+,11-9+,16-14+,17-15+,22-20+,23-21+,26-25+,29-28+,34-32+,35-33+,40-38+,41-39+. The number of aliphatic carboxylic acids is 1. The number of ether oxygens (including phenoxy) is 3. The fourth-order valence-electron chi connectivity index (χ4n) is 5.72. The summed E-state index contributed by atoms with van der Waals surface area (Å²) in [4.78, 5) is 37.0. The number of carboxylic acid groups (broad SMARTS) is 1. The summed E-state index contributed by atoms with van der Waals surface area (Å²) in [5, 5.41) is 9.63. The molecule has 0 aliphatic carbocycles. The van der Waals surface area contributed by atoms with Crippen molar-refractivity contribution in [2.75, 3.05) is 41.0 Å². The van der Waals surface area contributed by atoms with Gasteiger partial charge in [-0.3, -0.25) is 9.59 Å². The van der Waals surface area contributed by atoms with Crippen molar-refractivity contribution >= 4 is 17.9 Å². The van der Waals surface area contributed by atoms with Crippen LogP contribution in [0.5, 0.6) is 0 Å². The minimum absolute atomic E-state index is 0.00311. The van der Waals surface area contributed by atoms with Crippen molar-refractivity contribution in [2.45, 2.75) is 142 Å². The van der Waals surface area contributed by atoms with Gasteiger partial charge in [-0.2, -0.15) is 0 Å². The van der Waals surface area contributed by atoms with E-state index in [1.165, 1.54) is 0 Å². The number of carbonyl (C=O) groups excluding carboxylic acids is 2. The Labute approximate surface area is 383 Å². The van der Waals surface area contributed by atoms with Crippen LogP contribution in [0, 0.1) is 0 Å². The van der Waals surface area contributed by atoms with Gasteiger partial charge in [0.05, 0.1) is 34.4 Å². The molecule has 0 spiro atoms. The van der Waals surface area contributed by atoms with E-state index in [2.05, 4.69) is 148 Å². The van der Waals surface area contributed by atoms with Crippen LogP contribution in [0.15, 0.2) is 146 Å². The Morgan fingerprint density at radius 1 is 0.476 bits per heavy atom. The van der Waals surface area contributed by atoms with Gasteiger partial charge in [0.1, 0.15) is 6.61 Å². The van der Waals surface area contributed by atoms with Crippen LogP contribution in [0.3, 0.4) is 0 Å². The molecule has 0 fully saturated rings. The van der Waals surface area contributed by atoms with Crippen molar-refractivity contribution in [3.63, 3.8) is 0 Å². The number of rotatable bonds is 39. The van der Waals surface area contributed by atoms with Crippen LogP contribution in [-0.2, 0) is 28.6 Å². The van der Waals surface area contributed by atoms with Gasteiger partial charge in [0.15, 0.2) is 12.1 Å². The molecule has 0 aromatic rings. The second kappa shape index (κ2) is 43.8. The lowest BCUT2D eigenvalue weighted by Crippen LogP contribution is -2.50. The Kier molecular flexibility index (Phi) is 40.5. The molecule has 0 heterocycles. The maximum Gasteiger partial charge on any atom is 0.362 e. The van der Waals surface area contributed by atoms with E-state index in [9.17, 15) is 19.5 Å². The zero-order chi connectivity index (χ0) is 46.3. The fraction of sp³-hybridized carbons (Fsp3) is 0.509. The van der Waals surface area contributed by atoms with E-state index < -0.39 is 24.1 Å². The van der Waals surface area contributed by atoms with E-state index >= 15 is 0 Å². The summed E-state index contributed by atoms with van der Waals surface area (Å²) < 4.78 is 17.1. The summed E-state index contributed by atoms with van der Waals surface area (Å²) in [5.41, 5.74) is 0. The molecular formula is C55H84NO7+. The molecule has 1 N–H and O–H groups in total. The first-order valence-corrected chi connectivity index (χ1v) is 23.4. The molecule has 0 aromatic carbocycles. The predicted molar refractivity (Wildman–Crippen MR) is 265 cm³/mol. The molecule has 63 heavy (non-hydrogen) atoms. The normalized spacial score (nSPS) is 14.2. The Balaban J connectivity index is 4.55. The minimum Gasteiger partial charge on any atom is -0.477 e. The summed E-state index contributed by atoms with van der Waals surface area (Å²) >= 11 is 0. The van der Waals surface area contributed by atoms with Crippen molar-refractivity contribution in [1.82, 2.24) is 0 Å². The largest absolute Gasteiger partial charge is 0.477 e. The topological polar surface area (TPSA) is 99.1 Å². The van der Waals surface area contributed by atoms with Crippen molar-refractivity contribution in [3.05, 3.63) is 146 Å². The van der Waals surface area contributed by atoms with Crippen LogP contribution in [0.4, 0.5) is 0 Å². The monoisotopic (exact) mass is 871 g/mol. The van der Waals surface area contributed by atoms with Gasteiger partial charge in [0.25, 0.3) is 0 Å². The fourth-order valence-corrected chi connectivity index (χ4v) is 5.72. The van der Waals surface area contributed by atoms with Crippen LogP contribution in [-0.4, -0.2) is 80.6 Å². The lowest BCUT2D eigenvalue weighted by molar-refractivity contribution is -0.887. The predicted octanol–water partition coefficient (Wildman–Crippen LogP) is 13.4. The zero-order valence-corrected chi connectivity index (χ0v) is 39.7. The van der Waals surface area contributed by atoms with Gasteiger partial charge in [0.2, 0.25) is 0 Å². The van der Waals surface area contributed by atoms with Gasteiger partial charge in [-0.1, -0.05) is 160 Å². The number of esters is 2. The number of unbranched alkanes of at least 4 members (excludes halogenated alkanes) is 1. The summed E-state index contributed by atoms with van der Waals surface area (Å²) in [6.07, 6.45) is 64.9. The van der Waals surface area contributed by atoms with Crippen LogP contribution in [0.25, 0.3) is 0 Å². The Morgan fingerprint density at radius 3 is 1.21 bits per heavy atom. The smallest absolute Gasteiger partial charge is 0.362 e. The quantitative estimate of drug-likeness (QED) is 0.0284. The molecule has 0 radical (unpaired) electrons. The third-order valence-electron chi connectivity index (χ3n) is 9.25. The zero-order valence-electron chi connectivity index (χ0n) is 39.7. The van der Waals surface area contributed by atoms with Gasteiger partial charge in [-0.25, -0.2) is 4.79 Å². The van der Waals surface area contributed by atoms with Gasteiger partial charge >= 0.3 is 17.9 Å². The number of quaternary nitrogens is 1. The molecule has 350 valence electrons. The number of nitrogens with zero attached hydrogens (tertiary/aromatic N) is 1. The van der Waals surface area contributed by atoms with E-state index in [4.69, 9.17) is 14.2 Å². The van der Waals surface area contributed by atoms with Gasteiger partial charge < -0.3 is 23.8 Å². The number of carbonyl (C=O) groups is 3. The molecule has 8 heteroatoms. The van der Waals surface area contributed by atoms with Gasteiger partial charge in [-0.05, 0) is 96.3 Å². The molecule has 0 rings (SSSR count). The van der Waals surface area contributed by atoms with Gasteiger partial charge in [-0.15, -0.1) is 0 Å². The number of hydrogen-bond acceptors (Lipinski definition) is 6. The lowest BCUT2D eigenvalue weighted by Gasteiger charge is -2.31. The van der Waals surface area contributed by atoms with Crippen LogP contribution in [0.1, 0.15) is 129 Å². The van der Waals surface area contributed by atoms with E-state index in [0.717, 1.165) is 83.5 Å². The highest BCUT2D eigenvalue weighted by Gasteiger charge is 2.31. The van der Waals surface area contributed by atoms with Crippen molar-refractivity contribution in [3.8, 4) is 0 Å². The average Bonchev–Trinajstić information content (AvgIpc) is 3.24. The van der Waals surface area contributed by atoms with Crippen LogP contribution >= 0.6 is 0 Å². The summed E-state index contributed by atoms with van der Waals surface area (Å²) in [7, 11) is 5.47. The lowest BCUT2D eigenvalue weighted by atomic mass is 10.1. The molecule has 0 aliphatic heterocycles. The first-order chi connectivity index (χ1) is 30.6. The summed E-state index contributed by atoms with van der Waals surface area (Å²) in [6, 6.07) is -0.646. The molecular weight excluding hydrogens is 787 g/mol. The average molecular weight is 871 g/mol. The maximum atomic E-state index is 12.7. The first-order valence-electron chi connectivity index (χ1n) is 23.4. The molecule has 0 aromatic heterocycles. The highest BCUT2D eigenvalue weighted by Crippen LogP contribution is 2.10. The number of likely N-dealkylation sites (N-methyl/N-ethyl adjacent to an activating group) is 1.